The van der Waals surface area contributed by atoms with E-state index >= 15 is 0 Å². The minimum atomic E-state index is -0.426. The van der Waals surface area contributed by atoms with Crippen LogP contribution in [0.25, 0.3) is 5.69 Å². The number of amides is 2. The summed E-state index contributed by atoms with van der Waals surface area (Å²) in [6.45, 7) is 4.41. The number of carbonyl (C=O) groups excluding carboxylic acids is 1. The molecule has 2 saturated carbocycles. The van der Waals surface area contributed by atoms with E-state index in [2.05, 4.69) is 15.2 Å². The number of hydrogen-bond donors (Lipinski definition) is 3. The van der Waals surface area contributed by atoms with Crippen LogP contribution in [0.3, 0.4) is 0 Å². The molecule has 3 heterocycles. The average Bonchev–Trinajstić information content (AvgIpc) is 3.35. The van der Waals surface area contributed by atoms with Crippen LogP contribution < -0.4 is 22.5 Å². The Bertz CT molecular complexity index is 1060. The Kier molecular flexibility index (Phi) is 4.21. The summed E-state index contributed by atoms with van der Waals surface area (Å²) in [6, 6.07) is 10.0. The smallest absolute Gasteiger partial charge is 0.327 e. The van der Waals surface area contributed by atoms with Gasteiger partial charge in [-0.15, -0.1) is 0 Å². The van der Waals surface area contributed by atoms with E-state index < -0.39 is 5.69 Å². The topological polar surface area (TPSA) is 123 Å². The van der Waals surface area contributed by atoms with Crippen molar-refractivity contribution in [1.29, 1.82) is 0 Å². The number of rotatable bonds is 4. The van der Waals surface area contributed by atoms with Crippen LogP contribution in [0.5, 0.6) is 0 Å². The maximum absolute atomic E-state index is 12.5. The zero-order chi connectivity index (χ0) is 21.3. The number of nitrogens with zero attached hydrogens (tertiary/aromatic N) is 4. The summed E-state index contributed by atoms with van der Waals surface area (Å²) < 4.78 is 1.48. The highest BCUT2D eigenvalue weighted by atomic mass is 16.2. The quantitative estimate of drug-likeness (QED) is 0.641. The lowest BCUT2D eigenvalue weighted by atomic mass is 10.2. The number of aromatic nitrogens is 2. The summed E-state index contributed by atoms with van der Waals surface area (Å²) in [5.41, 5.74) is 13.5. The number of hydrogen-bond acceptors (Lipinski definition) is 6. The molecule has 2 aromatic rings. The number of piperidine rings is 2. The molecule has 2 aliphatic heterocycles. The van der Waals surface area contributed by atoms with Gasteiger partial charge in [-0.1, -0.05) is 12.1 Å². The van der Waals surface area contributed by atoms with E-state index in [1.807, 2.05) is 24.3 Å². The molecule has 4 aliphatic rings. The Morgan fingerprint density at radius 3 is 2.19 bits per heavy atom. The SMILES string of the molecule is N[C@@H]1[C@H]2CN(Cc3ccc(-n4ccc(NC(=O)N5C[C@@H]6[C@@H](N)[C@@H]6C5)nc4=O)cc3)C[C@@H]12. The van der Waals surface area contributed by atoms with E-state index in [-0.39, 0.29) is 17.9 Å². The minimum absolute atomic E-state index is 0.228. The van der Waals surface area contributed by atoms with Gasteiger partial charge in [-0.25, -0.2) is 9.59 Å². The summed E-state index contributed by atoms with van der Waals surface area (Å²) in [6.07, 6.45) is 1.65. The molecule has 4 fully saturated rings. The zero-order valence-electron chi connectivity index (χ0n) is 17.2. The van der Waals surface area contributed by atoms with Crippen LogP contribution in [0.15, 0.2) is 41.3 Å². The number of anilines is 1. The fourth-order valence-electron chi connectivity index (χ4n) is 5.40. The third kappa shape index (κ3) is 3.33. The third-order valence-corrected chi connectivity index (χ3v) is 7.54. The third-order valence-electron chi connectivity index (χ3n) is 7.54. The van der Waals surface area contributed by atoms with Crippen molar-refractivity contribution in [3.63, 3.8) is 0 Å². The van der Waals surface area contributed by atoms with Crippen molar-refractivity contribution in [2.45, 2.75) is 18.6 Å². The maximum atomic E-state index is 12.5. The van der Waals surface area contributed by atoms with Gasteiger partial charge < -0.3 is 16.4 Å². The highest BCUT2D eigenvalue weighted by molar-refractivity contribution is 5.88. The minimum Gasteiger partial charge on any atom is -0.327 e. The van der Waals surface area contributed by atoms with E-state index in [9.17, 15) is 9.59 Å². The summed E-state index contributed by atoms with van der Waals surface area (Å²) in [5.74, 6) is 2.46. The molecule has 9 heteroatoms. The lowest BCUT2D eigenvalue weighted by Crippen LogP contribution is -2.37. The Morgan fingerprint density at radius 2 is 1.58 bits per heavy atom. The van der Waals surface area contributed by atoms with Gasteiger partial charge in [0, 0.05) is 51.0 Å². The Labute approximate surface area is 180 Å². The molecule has 5 N–H and O–H groups in total. The highest BCUT2D eigenvalue weighted by Crippen LogP contribution is 2.44. The van der Waals surface area contributed by atoms with Gasteiger partial charge in [-0.05, 0) is 47.4 Å². The molecule has 2 saturated heterocycles. The van der Waals surface area contributed by atoms with Crippen molar-refractivity contribution < 1.29 is 4.79 Å². The molecule has 6 atom stereocenters. The first-order valence-electron chi connectivity index (χ1n) is 11.0. The van der Waals surface area contributed by atoms with Gasteiger partial charge in [0.15, 0.2) is 0 Å². The molecule has 1 aromatic carbocycles. The van der Waals surface area contributed by atoms with Crippen molar-refractivity contribution in [1.82, 2.24) is 19.4 Å². The molecular formula is C22H27N7O2. The molecule has 0 radical (unpaired) electrons. The summed E-state index contributed by atoms with van der Waals surface area (Å²) in [7, 11) is 0. The Hall–Kier alpha value is -2.75. The fourth-order valence-corrected chi connectivity index (χ4v) is 5.40. The van der Waals surface area contributed by atoms with E-state index in [4.69, 9.17) is 11.5 Å². The molecule has 0 bridgehead atoms. The highest BCUT2D eigenvalue weighted by Gasteiger charge is 2.55. The zero-order valence-corrected chi connectivity index (χ0v) is 17.2. The first kappa shape index (κ1) is 19.0. The number of nitrogens with one attached hydrogen (secondary N) is 1. The molecule has 9 nitrogen and oxygen atoms in total. The van der Waals surface area contributed by atoms with E-state index in [0.717, 1.165) is 25.3 Å². The first-order chi connectivity index (χ1) is 15.0. The van der Waals surface area contributed by atoms with Gasteiger partial charge in [0.2, 0.25) is 0 Å². The van der Waals surface area contributed by atoms with Gasteiger partial charge in [-0.3, -0.25) is 14.8 Å². The van der Waals surface area contributed by atoms with E-state index in [1.54, 1.807) is 17.2 Å². The molecule has 2 aliphatic carbocycles. The monoisotopic (exact) mass is 421 g/mol. The number of likely N-dealkylation sites (tertiary alicyclic amines) is 2. The number of benzene rings is 1. The fraction of sp³-hybridized carbons (Fsp3) is 0.500. The molecule has 0 spiro atoms. The lowest BCUT2D eigenvalue weighted by Gasteiger charge is -2.19. The molecule has 2 amide bonds. The van der Waals surface area contributed by atoms with Crippen LogP contribution in [0, 0.1) is 23.7 Å². The van der Waals surface area contributed by atoms with Crippen molar-refractivity contribution in [3.05, 3.63) is 52.6 Å². The van der Waals surface area contributed by atoms with E-state index in [0.29, 0.717) is 42.8 Å². The van der Waals surface area contributed by atoms with Gasteiger partial charge in [-0.2, -0.15) is 4.98 Å². The standard InChI is InChI=1S/C22H27N7O2/c23-19-14-8-27(9-15(14)19)7-12-1-3-13(4-2-12)29-6-5-18(26-22(29)31)25-21(30)28-10-16-17(11-28)20(16)24/h1-6,14-17,19-20H,7-11,23-24H2,(H,25,26,30,31)/t14-,15+,16-,17+,19+,20+. The average molecular weight is 422 g/mol. The van der Waals surface area contributed by atoms with Gasteiger partial charge in [0.25, 0.3) is 0 Å². The molecule has 6 rings (SSSR count). The van der Waals surface area contributed by atoms with Crippen LogP contribution in [-0.2, 0) is 6.54 Å². The van der Waals surface area contributed by atoms with E-state index in [1.165, 1.54) is 10.1 Å². The molecule has 0 unspecified atom stereocenters. The second-order valence-corrected chi connectivity index (χ2v) is 9.47. The Morgan fingerprint density at radius 1 is 0.968 bits per heavy atom. The first-order valence-corrected chi connectivity index (χ1v) is 11.0. The van der Waals surface area contributed by atoms with Crippen LogP contribution in [0.2, 0.25) is 0 Å². The maximum Gasteiger partial charge on any atom is 0.354 e. The largest absolute Gasteiger partial charge is 0.354 e. The molecule has 1 aromatic heterocycles. The van der Waals surface area contributed by atoms with Gasteiger partial charge in [0.1, 0.15) is 5.82 Å². The predicted octanol–water partition coefficient (Wildman–Crippen LogP) is 0.0422. The molecule has 31 heavy (non-hydrogen) atoms. The van der Waals surface area contributed by atoms with Gasteiger partial charge >= 0.3 is 11.7 Å². The number of nitrogens with two attached hydrogens (primary N) is 2. The summed E-state index contributed by atoms with van der Waals surface area (Å²) in [5, 5.41) is 2.73. The predicted molar refractivity (Wildman–Crippen MR) is 116 cm³/mol. The van der Waals surface area contributed by atoms with Gasteiger partial charge in [0.05, 0.1) is 5.69 Å². The van der Waals surface area contributed by atoms with Crippen molar-refractivity contribution in [2.24, 2.45) is 35.1 Å². The van der Waals surface area contributed by atoms with Crippen LogP contribution in [-0.4, -0.2) is 63.6 Å². The van der Waals surface area contributed by atoms with Crippen molar-refractivity contribution in [3.8, 4) is 5.69 Å². The van der Waals surface area contributed by atoms with Crippen molar-refractivity contribution >= 4 is 11.8 Å². The van der Waals surface area contributed by atoms with Crippen molar-refractivity contribution in [2.75, 3.05) is 31.5 Å². The normalized spacial score (nSPS) is 33.2. The number of fused-ring (bicyclic) bond motifs is 2. The van der Waals surface area contributed by atoms with Crippen LogP contribution >= 0.6 is 0 Å². The second kappa shape index (κ2) is 6.88. The number of carbonyl (C=O) groups is 1. The lowest BCUT2D eigenvalue weighted by molar-refractivity contribution is 0.216. The molecule has 162 valence electrons. The Balaban J connectivity index is 1.08. The summed E-state index contributed by atoms with van der Waals surface area (Å²) in [4.78, 5) is 33.1. The van der Waals surface area contributed by atoms with Crippen LogP contribution in [0.1, 0.15) is 5.56 Å². The summed E-state index contributed by atoms with van der Waals surface area (Å²) >= 11 is 0. The second-order valence-electron chi connectivity index (χ2n) is 9.47. The van der Waals surface area contributed by atoms with Crippen LogP contribution in [0.4, 0.5) is 10.6 Å². The molecular weight excluding hydrogens is 394 g/mol. The number of urea groups is 1.